The van der Waals surface area contributed by atoms with Gasteiger partial charge in [0.2, 0.25) is 5.91 Å². The molecule has 1 atom stereocenters. The molecule has 46 heavy (non-hydrogen) atoms. The highest BCUT2D eigenvalue weighted by Crippen LogP contribution is 2.37. The SMILES string of the molecule is CCOc1ccccc1/C=C(/NC(=O)c1ccccc1)C(=O)Nc1cccc(SC(C)C(=O)Nc2ccc(Cl)cc2C(F)(F)F)c1. The lowest BCUT2D eigenvalue weighted by atomic mass is 10.1. The molecule has 0 aromatic heterocycles. The minimum absolute atomic E-state index is 0.0461. The third kappa shape index (κ3) is 9.38. The second-order valence-electron chi connectivity index (χ2n) is 9.77. The molecule has 4 aromatic carbocycles. The van der Waals surface area contributed by atoms with Gasteiger partial charge in [0.05, 0.1) is 23.1 Å². The fraction of sp³-hybridized carbons (Fsp3) is 0.147. The molecule has 0 aliphatic carbocycles. The molecular formula is C34H29ClF3N3O4S. The highest BCUT2D eigenvalue weighted by molar-refractivity contribution is 8.00. The number of anilines is 2. The van der Waals surface area contributed by atoms with E-state index in [2.05, 4.69) is 16.0 Å². The largest absolute Gasteiger partial charge is 0.493 e. The Balaban J connectivity index is 1.52. The molecule has 0 aliphatic rings. The first-order chi connectivity index (χ1) is 21.9. The molecule has 0 saturated heterocycles. The van der Waals surface area contributed by atoms with Crippen LogP contribution < -0.4 is 20.7 Å². The minimum atomic E-state index is -4.71. The Morgan fingerprint density at radius 3 is 2.35 bits per heavy atom. The zero-order valence-electron chi connectivity index (χ0n) is 24.7. The van der Waals surface area contributed by atoms with Crippen molar-refractivity contribution in [2.75, 3.05) is 17.2 Å². The Morgan fingerprint density at radius 2 is 1.63 bits per heavy atom. The van der Waals surface area contributed by atoms with E-state index >= 15 is 0 Å². The number of para-hydroxylation sites is 1. The van der Waals surface area contributed by atoms with Gasteiger partial charge in [0, 0.05) is 26.7 Å². The second-order valence-corrected chi connectivity index (χ2v) is 11.6. The summed E-state index contributed by atoms with van der Waals surface area (Å²) < 4.78 is 46.1. The number of carbonyl (C=O) groups is 3. The summed E-state index contributed by atoms with van der Waals surface area (Å²) in [4.78, 5) is 39.9. The van der Waals surface area contributed by atoms with Crippen LogP contribution in [-0.4, -0.2) is 29.6 Å². The second kappa shape index (κ2) is 15.5. The molecule has 238 valence electrons. The molecule has 7 nitrogen and oxygen atoms in total. The smallest absolute Gasteiger partial charge is 0.418 e. The molecule has 4 rings (SSSR count). The van der Waals surface area contributed by atoms with Crippen molar-refractivity contribution in [3.8, 4) is 5.75 Å². The molecule has 0 heterocycles. The van der Waals surface area contributed by atoms with Crippen LogP contribution in [0.1, 0.15) is 35.3 Å². The maximum Gasteiger partial charge on any atom is 0.418 e. The maximum absolute atomic E-state index is 13.5. The lowest BCUT2D eigenvalue weighted by molar-refractivity contribution is -0.137. The molecular weight excluding hydrogens is 639 g/mol. The van der Waals surface area contributed by atoms with E-state index in [1.165, 1.54) is 12.1 Å². The van der Waals surface area contributed by atoms with Crippen LogP contribution in [0.25, 0.3) is 6.08 Å². The fourth-order valence-electron chi connectivity index (χ4n) is 4.18. The maximum atomic E-state index is 13.5. The van der Waals surface area contributed by atoms with Gasteiger partial charge in [-0.2, -0.15) is 13.2 Å². The lowest BCUT2D eigenvalue weighted by Crippen LogP contribution is -2.30. The molecule has 1 unspecified atom stereocenters. The van der Waals surface area contributed by atoms with Gasteiger partial charge < -0.3 is 20.7 Å². The predicted octanol–water partition coefficient (Wildman–Crippen LogP) is 8.29. The summed E-state index contributed by atoms with van der Waals surface area (Å²) in [5.74, 6) is -1.25. The average Bonchev–Trinajstić information content (AvgIpc) is 3.02. The monoisotopic (exact) mass is 667 g/mol. The number of amides is 3. The van der Waals surface area contributed by atoms with E-state index in [-0.39, 0.29) is 10.7 Å². The third-order valence-corrected chi connectivity index (χ3v) is 7.70. The van der Waals surface area contributed by atoms with Crippen molar-refractivity contribution in [1.82, 2.24) is 5.32 Å². The summed E-state index contributed by atoms with van der Waals surface area (Å²) in [6, 6.07) is 25.2. The van der Waals surface area contributed by atoms with Crippen molar-refractivity contribution < 1.29 is 32.3 Å². The molecule has 3 amide bonds. The van der Waals surface area contributed by atoms with Crippen LogP contribution in [-0.2, 0) is 15.8 Å². The van der Waals surface area contributed by atoms with E-state index < -0.39 is 40.4 Å². The Hall–Kier alpha value is -4.74. The van der Waals surface area contributed by atoms with Crippen molar-refractivity contribution in [1.29, 1.82) is 0 Å². The van der Waals surface area contributed by atoms with Crippen molar-refractivity contribution in [3.63, 3.8) is 0 Å². The highest BCUT2D eigenvalue weighted by atomic mass is 35.5. The first-order valence-electron chi connectivity index (χ1n) is 14.0. The van der Waals surface area contributed by atoms with Gasteiger partial charge in [-0.3, -0.25) is 14.4 Å². The number of carbonyl (C=O) groups excluding carboxylic acids is 3. The molecule has 0 spiro atoms. The standard InChI is InChI=1S/C34H29ClF3N3O4S/c1-3-45-30-15-8-7-12-23(30)18-29(41-32(43)22-10-5-4-6-11-22)33(44)39-25-13-9-14-26(20-25)46-21(2)31(42)40-28-17-16-24(35)19-27(28)34(36,37)38/h4-21H,3H2,1-2H3,(H,39,44)(H,40,42)(H,41,43)/b29-18+. The van der Waals surface area contributed by atoms with Gasteiger partial charge in [0.15, 0.2) is 0 Å². The first-order valence-corrected chi connectivity index (χ1v) is 15.3. The molecule has 0 bridgehead atoms. The summed E-state index contributed by atoms with van der Waals surface area (Å²) >= 11 is 6.82. The van der Waals surface area contributed by atoms with Gasteiger partial charge >= 0.3 is 6.18 Å². The number of benzene rings is 4. The molecule has 4 aromatic rings. The first kappa shape index (κ1) is 34.1. The van der Waals surface area contributed by atoms with E-state index in [0.29, 0.717) is 34.1 Å². The van der Waals surface area contributed by atoms with Crippen molar-refractivity contribution in [2.45, 2.75) is 30.2 Å². The fourth-order valence-corrected chi connectivity index (χ4v) is 5.28. The summed E-state index contributed by atoms with van der Waals surface area (Å²) in [5.41, 5.74) is -0.222. The van der Waals surface area contributed by atoms with E-state index in [0.717, 1.165) is 23.9 Å². The zero-order chi connectivity index (χ0) is 33.3. The average molecular weight is 668 g/mol. The van der Waals surface area contributed by atoms with Gasteiger partial charge in [-0.15, -0.1) is 11.8 Å². The lowest BCUT2D eigenvalue weighted by Gasteiger charge is -2.17. The minimum Gasteiger partial charge on any atom is -0.493 e. The number of hydrogen-bond acceptors (Lipinski definition) is 5. The Labute approximate surface area is 273 Å². The Morgan fingerprint density at radius 1 is 0.913 bits per heavy atom. The normalized spacial score (nSPS) is 12.2. The Bertz CT molecular complexity index is 1750. The van der Waals surface area contributed by atoms with Crippen molar-refractivity contribution in [3.05, 3.63) is 124 Å². The summed E-state index contributed by atoms with van der Waals surface area (Å²) in [6.07, 6.45) is -3.20. The van der Waals surface area contributed by atoms with E-state index in [4.69, 9.17) is 16.3 Å². The molecule has 0 saturated carbocycles. The van der Waals surface area contributed by atoms with Crippen molar-refractivity contribution in [2.24, 2.45) is 0 Å². The van der Waals surface area contributed by atoms with Crippen LogP contribution in [0.3, 0.4) is 0 Å². The molecule has 3 N–H and O–H groups in total. The zero-order valence-corrected chi connectivity index (χ0v) is 26.2. The van der Waals surface area contributed by atoms with Crippen LogP contribution in [0.2, 0.25) is 5.02 Å². The van der Waals surface area contributed by atoms with Crippen LogP contribution in [0.15, 0.2) is 108 Å². The summed E-state index contributed by atoms with van der Waals surface area (Å²) in [5, 5.41) is 6.86. The van der Waals surface area contributed by atoms with Gasteiger partial charge in [0.25, 0.3) is 11.8 Å². The van der Waals surface area contributed by atoms with Gasteiger partial charge in [-0.25, -0.2) is 0 Å². The number of thioether (sulfide) groups is 1. The summed E-state index contributed by atoms with van der Waals surface area (Å²) in [6.45, 7) is 3.77. The molecule has 0 radical (unpaired) electrons. The van der Waals surface area contributed by atoms with Crippen LogP contribution in [0.5, 0.6) is 5.75 Å². The summed E-state index contributed by atoms with van der Waals surface area (Å²) in [7, 11) is 0. The van der Waals surface area contributed by atoms with E-state index in [1.807, 2.05) is 6.92 Å². The highest BCUT2D eigenvalue weighted by Gasteiger charge is 2.34. The number of nitrogens with one attached hydrogen (secondary N) is 3. The molecule has 0 aliphatic heterocycles. The number of ether oxygens (including phenoxy) is 1. The number of halogens is 4. The van der Waals surface area contributed by atoms with Crippen LogP contribution in [0, 0.1) is 0 Å². The van der Waals surface area contributed by atoms with Crippen LogP contribution >= 0.6 is 23.4 Å². The van der Waals surface area contributed by atoms with Crippen molar-refractivity contribution >= 4 is 58.5 Å². The number of hydrogen-bond donors (Lipinski definition) is 3. The number of alkyl halides is 3. The molecule has 12 heteroatoms. The Kier molecular flexibility index (Phi) is 11.5. The number of rotatable bonds is 11. The van der Waals surface area contributed by atoms with E-state index in [9.17, 15) is 27.6 Å². The predicted molar refractivity (Wildman–Crippen MR) is 175 cm³/mol. The van der Waals surface area contributed by atoms with Gasteiger partial charge in [-0.1, -0.05) is 54.1 Å². The van der Waals surface area contributed by atoms with Crippen LogP contribution in [0.4, 0.5) is 24.5 Å². The van der Waals surface area contributed by atoms with Gasteiger partial charge in [0.1, 0.15) is 11.4 Å². The topological polar surface area (TPSA) is 96.5 Å². The van der Waals surface area contributed by atoms with Gasteiger partial charge in [-0.05, 0) is 74.5 Å². The third-order valence-electron chi connectivity index (χ3n) is 6.37. The quantitative estimate of drug-likeness (QED) is 0.111. The molecule has 0 fully saturated rings. The van der Waals surface area contributed by atoms with E-state index in [1.54, 1.807) is 85.8 Å².